The monoisotopic (exact) mass is 530 g/mol. The van der Waals surface area contributed by atoms with Crippen molar-refractivity contribution in [2.75, 3.05) is 38.7 Å². The van der Waals surface area contributed by atoms with E-state index < -0.39 is 11.7 Å². The number of guanidine groups is 1. The molecule has 0 saturated heterocycles. The predicted molar refractivity (Wildman–Crippen MR) is 128 cm³/mol. The number of nitrogens with one attached hydrogen (secondary N) is 3. The number of nitrogens with zero attached hydrogens (tertiary/aromatic N) is 1. The maximum absolute atomic E-state index is 13.6. The lowest BCUT2D eigenvalue weighted by Gasteiger charge is -2.14. The molecule has 2 aromatic rings. The normalized spacial score (nSPS) is 10.6. The van der Waals surface area contributed by atoms with E-state index in [2.05, 4.69) is 20.9 Å². The fourth-order valence-corrected chi connectivity index (χ4v) is 2.54. The van der Waals surface area contributed by atoms with Gasteiger partial charge in [0.25, 0.3) is 5.91 Å². The Morgan fingerprint density at radius 1 is 1.10 bits per heavy atom. The molecule has 164 valence electrons. The number of carbonyl (C=O) groups is 1. The number of halogens is 2. The number of rotatable bonds is 9. The Hall–Kier alpha value is -2.56. The van der Waals surface area contributed by atoms with Crippen LogP contribution in [0.3, 0.4) is 0 Å². The molecule has 3 N–H and O–H groups in total. The molecule has 0 heterocycles. The zero-order chi connectivity index (χ0) is 21.1. The molecule has 0 spiro atoms. The summed E-state index contributed by atoms with van der Waals surface area (Å²) in [7, 11) is 1.58. The lowest BCUT2D eigenvalue weighted by atomic mass is 10.2. The zero-order valence-corrected chi connectivity index (χ0v) is 19.7. The van der Waals surface area contributed by atoms with Crippen molar-refractivity contribution in [1.82, 2.24) is 10.6 Å². The Bertz CT molecular complexity index is 849. The summed E-state index contributed by atoms with van der Waals surface area (Å²) in [5.41, 5.74) is 0.795. The van der Waals surface area contributed by atoms with Crippen molar-refractivity contribution < 1.29 is 18.7 Å². The molecular weight excluding hydrogens is 502 g/mol. The fraction of sp³-hybridized carbons (Fsp3) is 0.333. The number of benzene rings is 2. The highest BCUT2D eigenvalue weighted by atomic mass is 127. The van der Waals surface area contributed by atoms with E-state index >= 15 is 0 Å². The second-order valence-electron chi connectivity index (χ2n) is 5.92. The Balaban J connectivity index is 0.00000450. The molecular formula is C21H28FIN4O3. The van der Waals surface area contributed by atoms with Gasteiger partial charge in [-0.05, 0) is 38.1 Å². The van der Waals surface area contributed by atoms with Crippen LogP contribution in [-0.4, -0.2) is 45.2 Å². The van der Waals surface area contributed by atoms with Gasteiger partial charge >= 0.3 is 0 Å². The zero-order valence-electron chi connectivity index (χ0n) is 17.3. The first-order valence-electron chi connectivity index (χ1n) is 9.47. The van der Waals surface area contributed by atoms with Gasteiger partial charge in [0.15, 0.2) is 17.5 Å². The van der Waals surface area contributed by atoms with Crippen LogP contribution in [0.4, 0.5) is 10.1 Å². The summed E-state index contributed by atoms with van der Waals surface area (Å²) in [5, 5.41) is 8.98. The minimum Gasteiger partial charge on any atom is -0.493 e. The quantitative estimate of drug-likeness (QED) is 0.200. The van der Waals surface area contributed by atoms with Crippen LogP contribution in [0, 0.1) is 5.82 Å². The first kappa shape index (κ1) is 25.5. The number of anilines is 1. The van der Waals surface area contributed by atoms with Crippen molar-refractivity contribution in [2.24, 2.45) is 4.99 Å². The lowest BCUT2D eigenvalue weighted by Crippen LogP contribution is -2.32. The SMILES string of the molecule is CCNC(=NCCNC(=O)c1ccccc1F)Nc1ccc(OCC)c(OC)c1.I. The Labute approximate surface area is 193 Å². The van der Waals surface area contributed by atoms with Gasteiger partial charge in [-0.15, -0.1) is 24.0 Å². The van der Waals surface area contributed by atoms with E-state index in [0.717, 1.165) is 5.69 Å². The van der Waals surface area contributed by atoms with Crippen molar-refractivity contribution in [3.05, 3.63) is 53.8 Å². The number of methoxy groups -OCH3 is 1. The highest BCUT2D eigenvalue weighted by molar-refractivity contribution is 14.0. The summed E-state index contributed by atoms with van der Waals surface area (Å²) in [6, 6.07) is 11.4. The van der Waals surface area contributed by atoms with Crippen molar-refractivity contribution in [3.8, 4) is 11.5 Å². The van der Waals surface area contributed by atoms with E-state index in [9.17, 15) is 9.18 Å². The van der Waals surface area contributed by atoms with E-state index in [0.29, 0.717) is 37.2 Å². The number of hydrogen-bond acceptors (Lipinski definition) is 4. The van der Waals surface area contributed by atoms with Crippen LogP contribution < -0.4 is 25.4 Å². The number of carbonyl (C=O) groups excluding carboxylic acids is 1. The van der Waals surface area contributed by atoms with Gasteiger partial charge < -0.3 is 25.4 Å². The molecule has 9 heteroatoms. The number of aliphatic imine (C=N–C) groups is 1. The average Bonchev–Trinajstić information content (AvgIpc) is 2.72. The Kier molecular flexibility index (Phi) is 11.6. The molecule has 2 rings (SSSR count). The fourth-order valence-electron chi connectivity index (χ4n) is 2.54. The third-order valence-corrected chi connectivity index (χ3v) is 3.86. The number of ether oxygens (including phenoxy) is 2. The molecule has 0 atom stereocenters. The van der Waals surface area contributed by atoms with Crippen LogP contribution >= 0.6 is 24.0 Å². The molecule has 0 fully saturated rings. The number of hydrogen-bond donors (Lipinski definition) is 3. The highest BCUT2D eigenvalue weighted by Gasteiger charge is 2.10. The van der Waals surface area contributed by atoms with E-state index in [4.69, 9.17) is 9.47 Å². The molecule has 0 aliphatic carbocycles. The van der Waals surface area contributed by atoms with Crippen LogP contribution in [0.25, 0.3) is 0 Å². The lowest BCUT2D eigenvalue weighted by molar-refractivity contribution is 0.0951. The van der Waals surface area contributed by atoms with Gasteiger partial charge in [0.1, 0.15) is 5.82 Å². The molecule has 2 aromatic carbocycles. The second-order valence-corrected chi connectivity index (χ2v) is 5.92. The van der Waals surface area contributed by atoms with Crippen molar-refractivity contribution in [3.63, 3.8) is 0 Å². The van der Waals surface area contributed by atoms with Gasteiger partial charge in [-0.25, -0.2) is 4.39 Å². The summed E-state index contributed by atoms with van der Waals surface area (Å²) in [6.45, 7) is 5.68. The minimum absolute atomic E-state index is 0. The van der Waals surface area contributed by atoms with E-state index in [-0.39, 0.29) is 36.1 Å². The maximum Gasteiger partial charge on any atom is 0.254 e. The third kappa shape index (κ3) is 7.69. The highest BCUT2D eigenvalue weighted by Crippen LogP contribution is 2.30. The molecule has 0 aliphatic rings. The third-order valence-electron chi connectivity index (χ3n) is 3.86. The summed E-state index contributed by atoms with van der Waals surface area (Å²) >= 11 is 0. The van der Waals surface area contributed by atoms with E-state index in [1.807, 2.05) is 32.0 Å². The largest absolute Gasteiger partial charge is 0.493 e. The first-order chi connectivity index (χ1) is 14.1. The average molecular weight is 530 g/mol. The Morgan fingerprint density at radius 3 is 2.53 bits per heavy atom. The summed E-state index contributed by atoms with van der Waals surface area (Å²) < 4.78 is 24.5. The summed E-state index contributed by atoms with van der Waals surface area (Å²) in [6.07, 6.45) is 0. The number of amides is 1. The maximum atomic E-state index is 13.6. The van der Waals surface area contributed by atoms with Crippen molar-refractivity contribution in [1.29, 1.82) is 0 Å². The van der Waals surface area contributed by atoms with Gasteiger partial charge in [-0.2, -0.15) is 0 Å². The van der Waals surface area contributed by atoms with Gasteiger partial charge in [0, 0.05) is 24.8 Å². The molecule has 30 heavy (non-hydrogen) atoms. The molecule has 7 nitrogen and oxygen atoms in total. The van der Waals surface area contributed by atoms with Gasteiger partial charge in [0.05, 0.1) is 25.8 Å². The van der Waals surface area contributed by atoms with Crippen LogP contribution in [0.15, 0.2) is 47.5 Å². The van der Waals surface area contributed by atoms with Crippen LogP contribution in [0.2, 0.25) is 0 Å². The van der Waals surface area contributed by atoms with Crippen LogP contribution in [0.1, 0.15) is 24.2 Å². The topological polar surface area (TPSA) is 84.0 Å². The van der Waals surface area contributed by atoms with Crippen molar-refractivity contribution >= 4 is 41.5 Å². The van der Waals surface area contributed by atoms with Gasteiger partial charge in [-0.3, -0.25) is 9.79 Å². The summed E-state index contributed by atoms with van der Waals surface area (Å²) in [5.74, 6) is 0.822. The smallest absolute Gasteiger partial charge is 0.254 e. The van der Waals surface area contributed by atoms with Gasteiger partial charge in [0.2, 0.25) is 0 Å². The molecule has 0 saturated carbocycles. The van der Waals surface area contributed by atoms with Crippen LogP contribution in [-0.2, 0) is 0 Å². The standard InChI is InChI=1S/C21H27FN4O3.HI/c1-4-23-21(26-15-10-11-18(29-5-2)19(14-15)28-3)25-13-12-24-20(27)16-8-6-7-9-17(16)22;/h6-11,14H,4-5,12-13H2,1-3H3,(H,24,27)(H2,23,25,26);1H. The molecule has 0 aromatic heterocycles. The van der Waals surface area contributed by atoms with E-state index in [1.165, 1.54) is 12.1 Å². The molecule has 0 bridgehead atoms. The van der Waals surface area contributed by atoms with Crippen molar-refractivity contribution in [2.45, 2.75) is 13.8 Å². The minimum atomic E-state index is -0.548. The molecule has 0 aliphatic heterocycles. The molecule has 1 amide bonds. The second kappa shape index (κ2) is 13.6. The first-order valence-corrected chi connectivity index (χ1v) is 9.47. The molecule has 0 unspecified atom stereocenters. The van der Waals surface area contributed by atoms with Crippen LogP contribution in [0.5, 0.6) is 11.5 Å². The summed E-state index contributed by atoms with van der Waals surface area (Å²) in [4.78, 5) is 16.5. The Morgan fingerprint density at radius 2 is 1.87 bits per heavy atom. The molecule has 0 radical (unpaired) electrons. The van der Waals surface area contributed by atoms with Gasteiger partial charge in [-0.1, -0.05) is 12.1 Å². The van der Waals surface area contributed by atoms with E-state index in [1.54, 1.807) is 19.2 Å². The predicted octanol–water partition coefficient (Wildman–Crippen LogP) is 3.66.